The zero-order chi connectivity index (χ0) is 8.72. The quantitative estimate of drug-likeness (QED) is 0.503. The predicted octanol–water partition coefficient (Wildman–Crippen LogP) is -0.384. The van der Waals surface area contributed by atoms with Crippen LogP contribution in [0.2, 0.25) is 0 Å². The molecule has 2 heterocycles. The van der Waals surface area contributed by atoms with Crippen LogP contribution >= 0.6 is 0 Å². The number of carbonyl (C=O) groups excluding carboxylic acids is 1. The SMILES string of the molecule is C[C@@H]1O[C@@H]2C=CC(=O)O[C@@H]2C1O. The lowest BCUT2D eigenvalue weighted by atomic mass is 10.1. The van der Waals surface area contributed by atoms with Crippen molar-refractivity contribution >= 4 is 5.97 Å². The molecule has 2 aliphatic rings. The van der Waals surface area contributed by atoms with Gasteiger partial charge < -0.3 is 14.6 Å². The topological polar surface area (TPSA) is 55.8 Å². The molecule has 66 valence electrons. The highest BCUT2D eigenvalue weighted by molar-refractivity contribution is 5.83. The molecular weight excluding hydrogens is 160 g/mol. The monoisotopic (exact) mass is 170 g/mol. The van der Waals surface area contributed by atoms with Gasteiger partial charge in [0.2, 0.25) is 0 Å². The molecule has 0 saturated carbocycles. The van der Waals surface area contributed by atoms with Crippen LogP contribution in [0.25, 0.3) is 0 Å². The Kier molecular flexibility index (Phi) is 1.66. The first-order valence-electron chi connectivity index (χ1n) is 3.91. The Labute approximate surface area is 69.8 Å². The highest BCUT2D eigenvalue weighted by Gasteiger charge is 2.44. The molecule has 0 aliphatic carbocycles. The van der Waals surface area contributed by atoms with Gasteiger partial charge in [0.1, 0.15) is 12.2 Å². The molecule has 12 heavy (non-hydrogen) atoms. The summed E-state index contributed by atoms with van der Waals surface area (Å²) in [6.07, 6.45) is 1.19. The molecule has 0 radical (unpaired) electrons. The van der Waals surface area contributed by atoms with E-state index >= 15 is 0 Å². The molecule has 4 heteroatoms. The third kappa shape index (κ3) is 1.04. The Bertz CT molecular complexity index is 235. The van der Waals surface area contributed by atoms with Crippen molar-refractivity contribution in [3.05, 3.63) is 12.2 Å². The summed E-state index contributed by atoms with van der Waals surface area (Å²) in [5.74, 6) is -0.409. The molecule has 1 unspecified atom stereocenters. The van der Waals surface area contributed by atoms with Crippen LogP contribution in [0.3, 0.4) is 0 Å². The first-order valence-corrected chi connectivity index (χ1v) is 3.91. The number of carbonyl (C=O) groups is 1. The molecule has 0 aromatic heterocycles. The summed E-state index contributed by atoms with van der Waals surface area (Å²) in [6, 6.07) is 0. The minimum absolute atomic E-state index is 0.268. The number of hydrogen-bond acceptors (Lipinski definition) is 4. The highest BCUT2D eigenvalue weighted by atomic mass is 16.6. The summed E-state index contributed by atoms with van der Waals surface area (Å²) in [6.45, 7) is 1.75. The molecule has 0 spiro atoms. The van der Waals surface area contributed by atoms with Crippen molar-refractivity contribution in [1.82, 2.24) is 0 Å². The van der Waals surface area contributed by atoms with E-state index in [1.54, 1.807) is 13.0 Å². The van der Waals surface area contributed by atoms with E-state index < -0.39 is 18.2 Å². The maximum atomic E-state index is 10.8. The summed E-state index contributed by atoms with van der Waals surface area (Å²) >= 11 is 0. The molecule has 2 rings (SSSR count). The van der Waals surface area contributed by atoms with Gasteiger partial charge in [0.15, 0.2) is 6.10 Å². The molecule has 4 nitrogen and oxygen atoms in total. The van der Waals surface area contributed by atoms with Crippen LogP contribution in [0.1, 0.15) is 6.92 Å². The van der Waals surface area contributed by atoms with Crippen LogP contribution < -0.4 is 0 Å². The van der Waals surface area contributed by atoms with E-state index in [9.17, 15) is 9.90 Å². The fourth-order valence-electron chi connectivity index (χ4n) is 1.51. The fourth-order valence-corrected chi connectivity index (χ4v) is 1.51. The third-order valence-electron chi connectivity index (χ3n) is 2.19. The smallest absolute Gasteiger partial charge is 0.330 e. The van der Waals surface area contributed by atoms with E-state index in [0.717, 1.165) is 0 Å². The Morgan fingerprint density at radius 2 is 2.33 bits per heavy atom. The molecule has 1 N–H and O–H groups in total. The van der Waals surface area contributed by atoms with Gasteiger partial charge in [-0.05, 0) is 13.0 Å². The first-order chi connectivity index (χ1) is 5.68. The fraction of sp³-hybridized carbons (Fsp3) is 0.625. The number of hydrogen-bond donors (Lipinski definition) is 1. The van der Waals surface area contributed by atoms with E-state index in [0.29, 0.717) is 0 Å². The van der Waals surface area contributed by atoms with Crippen molar-refractivity contribution in [2.75, 3.05) is 0 Å². The number of fused-ring (bicyclic) bond motifs is 1. The number of esters is 1. The number of rotatable bonds is 0. The van der Waals surface area contributed by atoms with Crippen LogP contribution in [0.4, 0.5) is 0 Å². The van der Waals surface area contributed by atoms with Crippen LogP contribution in [-0.4, -0.2) is 35.5 Å². The minimum Gasteiger partial charge on any atom is -0.453 e. The van der Waals surface area contributed by atoms with Gasteiger partial charge in [-0.25, -0.2) is 4.79 Å². The lowest BCUT2D eigenvalue weighted by Gasteiger charge is -2.20. The van der Waals surface area contributed by atoms with E-state index in [-0.39, 0.29) is 12.2 Å². The largest absolute Gasteiger partial charge is 0.453 e. The lowest BCUT2D eigenvalue weighted by Crippen LogP contribution is -2.37. The molecule has 4 atom stereocenters. The van der Waals surface area contributed by atoms with Gasteiger partial charge in [-0.1, -0.05) is 0 Å². The van der Waals surface area contributed by atoms with Crippen molar-refractivity contribution in [2.45, 2.75) is 31.3 Å². The van der Waals surface area contributed by atoms with Gasteiger partial charge in [0.25, 0.3) is 0 Å². The Morgan fingerprint density at radius 1 is 1.58 bits per heavy atom. The van der Waals surface area contributed by atoms with Gasteiger partial charge in [0, 0.05) is 6.08 Å². The molecule has 0 bridgehead atoms. The zero-order valence-electron chi connectivity index (χ0n) is 6.64. The normalized spacial score (nSPS) is 45.7. The standard InChI is InChI=1S/C8H10O4/c1-4-7(10)8-5(11-4)2-3-6(9)12-8/h2-5,7-8,10H,1H3/t4-,5+,7?,8-/m0/s1. The minimum atomic E-state index is -0.705. The lowest BCUT2D eigenvalue weighted by molar-refractivity contribution is -0.150. The maximum Gasteiger partial charge on any atom is 0.330 e. The summed E-state index contributed by atoms with van der Waals surface area (Å²) in [5, 5.41) is 9.47. The average molecular weight is 170 g/mol. The Hall–Kier alpha value is -0.870. The second-order valence-electron chi connectivity index (χ2n) is 3.06. The summed E-state index contributed by atoms with van der Waals surface area (Å²) in [4.78, 5) is 10.8. The predicted molar refractivity (Wildman–Crippen MR) is 39.4 cm³/mol. The van der Waals surface area contributed by atoms with Crippen LogP contribution in [0.15, 0.2) is 12.2 Å². The van der Waals surface area contributed by atoms with Crippen molar-refractivity contribution in [1.29, 1.82) is 0 Å². The van der Waals surface area contributed by atoms with E-state index in [1.807, 2.05) is 0 Å². The molecule has 0 aromatic carbocycles. The first kappa shape index (κ1) is 7.76. The molecule has 0 aromatic rings. The molecule has 1 saturated heterocycles. The average Bonchev–Trinajstić information content (AvgIpc) is 2.31. The Morgan fingerprint density at radius 3 is 3.08 bits per heavy atom. The zero-order valence-corrected chi connectivity index (χ0v) is 6.64. The molecule has 2 aliphatic heterocycles. The third-order valence-corrected chi connectivity index (χ3v) is 2.19. The Balaban J connectivity index is 2.20. The van der Waals surface area contributed by atoms with Gasteiger partial charge in [-0.2, -0.15) is 0 Å². The van der Waals surface area contributed by atoms with Crippen molar-refractivity contribution < 1.29 is 19.4 Å². The number of ether oxygens (including phenoxy) is 2. The van der Waals surface area contributed by atoms with Crippen LogP contribution in [0, 0.1) is 0 Å². The highest BCUT2D eigenvalue weighted by Crippen LogP contribution is 2.26. The molecule has 1 fully saturated rings. The summed E-state index contributed by atoms with van der Waals surface area (Å²) in [7, 11) is 0. The van der Waals surface area contributed by atoms with Gasteiger partial charge >= 0.3 is 5.97 Å². The summed E-state index contributed by atoms with van der Waals surface area (Å²) < 4.78 is 10.2. The van der Waals surface area contributed by atoms with Gasteiger partial charge in [0.05, 0.1) is 6.10 Å². The van der Waals surface area contributed by atoms with E-state index in [1.165, 1.54) is 6.08 Å². The van der Waals surface area contributed by atoms with Crippen molar-refractivity contribution in [3.63, 3.8) is 0 Å². The van der Waals surface area contributed by atoms with Crippen LogP contribution in [0.5, 0.6) is 0 Å². The number of aliphatic hydroxyl groups is 1. The van der Waals surface area contributed by atoms with Gasteiger partial charge in [-0.15, -0.1) is 0 Å². The van der Waals surface area contributed by atoms with Gasteiger partial charge in [-0.3, -0.25) is 0 Å². The molecule has 0 amide bonds. The summed E-state index contributed by atoms with van der Waals surface area (Å²) in [5.41, 5.74) is 0. The van der Waals surface area contributed by atoms with Crippen molar-refractivity contribution in [2.24, 2.45) is 0 Å². The van der Waals surface area contributed by atoms with E-state index in [4.69, 9.17) is 9.47 Å². The second-order valence-corrected chi connectivity index (χ2v) is 3.06. The number of aliphatic hydroxyl groups excluding tert-OH is 1. The van der Waals surface area contributed by atoms with Crippen LogP contribution in [-0.2, 0) is 14.3 Å². The van der Waals surface area contributed by atoms with E-state index in [2.05, 4.69) is 0 Å². The second kappa shape index (κ2) is 2.57. The van der Waals surface area contributed by atoms with Crippen molar-refractivity contribution in [3.8, 4) is 0 Å². The maximum absolute atomic E-state index is 10.8. The molecular formula is C8H10O4.